The fraction of sp³-hybridized carbons (Fsp3) is 0.214. The maximum Gasteiger partial charge on any atom is 0.354 e. The molecule has 1 unspecified atom stereocenters. The van der Waals surface area contributed by atoms with Crippen molar-refractivity contribution in [3.63, 3.8) is 0 Å². The number of carboxylic acids is 1. The fourth-order valence-electron chi connectivity index (χ4n) is 1.83. The van der Waals surface area contributed by atoms with E-state index < -0.39 is 11.9 Å². The standard InChI is InChI=1S/C14H15N3O3/c1-8-3-5-10(6-4-8)9(2)17-13(18)11-12(14(19)20)16-7-15-11/h3-7,9H,1-2H3,(H,15,16)(H,17,18)(H,19,20). The average molecular weight is 273 g/mol. The van der Waals surface area contributed by atoms with Crippen molar-refractivity contribution in [2.24, 2.45) is 0 Å². The van der Waals surface area contributed by atoms with Crippen molar-refractivity contribution in [2.45, 2.75) is 19.9 Å². The van der Waals surface area contributed by atoms with Crippen LogP contribution in [0.5, 0.6) is 0 Å². The van der Waals surface area contributed by atoms with Crippen molar-refractivity contribution in [3.8, 4) is 0 Å². The van der Waals surface area contributed by atoms with Gasteiger partial charge in [0.2, 0.25) is 0 Å². The van der Waals surface area contributed by atoms with Crippen LogP contribution in [0.15, 0.2) is 30.6 Å². The topological polar surface area (TPSA) is 95.1 Å². The first-order valence-corrected chi connectivity index (χ1v) is 6.13. The number of aromatic carboxylic acids is 1. The molecule has 2 aromatic rings. The van der Waals surface area contributed by atoms with Crippen molar-refractivity contribution in [1.82, 2.24) is 15.3 Å². The summed E-state index contributed by atoms with van der Waals surface area (Å²) in [5.74, 6) is -1.73. The third kappa shape index (κ3) is 2.85. The van der Waals surface area contributed by atoms with Gasteiger partial charge in [0, 0.05) is 0 Å². The zero-order valence-corrected chi connectivity index (χ0v) is 11.2. The number of nitrogens with one attached hydrogen (secondary N) is 2. The van der Waals surface area contributed by atoms with Crippen LogP contribution in [0.1, 0.15) is 45.1 Å². The molecule has 0 spiro atoms. The maximum absolute atomic E-state index is 12.0. The number of H-pyrrole nitrogens is 1. The monoisotopic (exact) mass is 273 g/mol. The molecule has 1 heterocycles. The Morgan fingerprint density at radius 1 is 1.30 bits per heavy atom. The number of aryl methyl sites for hydroxylation is 1. The van der Waals surface area contributed by atoms with Crippen molar-refractivity contribution >= 4 is 11.9 Å². The minimum absolute atomic E-state index is 0.114. The maximum atomic E-state index is 12.0. The van der Waals surface area contributed by atoms with E-state index in [0.29, 0.717) is 0 Å². The number of aromatic amines is 1. The molecule has 1 aromatic heterocycles. The Kier molecular flexibility index (Phi) is 3.84. The number of hydrogen-bond donors (Lipinski definition) is 3. The Bertz CT molecular complexity index is 631. The first kappa shape index (κ1) is 13.8. The fourth-order valence-corrected chi connectivity index (χ4v) is 1.83. The summed E-state index contributed by atoms with van der Waals surface area (Å²) < 4.78 is 0. The lowest BCUT2D eigenvalue weighted by molar-refractivity contribution is 0.0684. The summed E-state index contributed by atoms with van der Waals surface area (Å²) in [6.07, 6.45) is 1.19. The molecule has 0 radical (unpaired) electrons. The van der Waals surface area contributed by atoms with Gasteiger partial charge in [0.15, 0.2) is 11.4 Å². The highest BCUT2D eigenvalue weighted by Crippen LogP contribution is 2.14. The number of carboxylic acid groups (broad SMARTS) is 1. The Balaban J connectivity index is 2.13. The Morgan fingerprint density at radius 2 is 1.95 bits per heavy atom. The van der Waals surface area contributed by atoms with Crippen LogP contribution >= 0.6 is 0 Å². The van der Waals surface area contributed by atoms with Crippen molar-refractivity contribution in [1.29, 1.82) is 0 Å². The van der Waals surface area contributed by atoms with Crippen LogP contribution < -0.4 is 5.32 Å². The van der Waals surface area contributed by atoms with Crippen LogP contribution in [0.3, 0.4) is 0 Å². The van der Waals surface area contributed by atoms with E-state index >= 15 is 0 Å². The second-order valence-electron chi connectivity index (χ2n) is 4.54. The number of nitrogens with zero attached hydrogens (tertiary/aromatic N) is 1. The molecule has 20 heavy (non-hydrogen) atoms. The molecule has 0 aliphatic heterocycles. The zero-order valence-electron chi connectivity index (χ0n) is 11.2. The Morgan fingerprint density at radius 3 is 2.55 bits per heavy atom. The number of carbonyl (C=O) groups is 2. The third-order valence-electron chi connectivity index (χ3n) is 2.99. The van der Waals surface area contributed by atoms with Crippen LogP contribution in [0, 0.1) is 6.92 Å². The molecule has 0 saturated carbocycles. The molecule has 6 heteroatoms. The van der Waals surface area contributed by atoms with E-state index in [1.165, 1.54) is 6.33 Å². The number of benzene rings is 1. The van der Waals surface area contributed by atoms with Gasteiger partial charge in [-0.25, -0.2) is 9.78 Å². The number of rotatable bonds is 4. The van der Waals surface area contributed by atoms with E-state index in [1.807, 2.05) is 38.1 Å². The normalized spacial score (nSPS) is 11.9. The molecule has 104 valence electrons. The number of hydrogen-bond acceptors (Lipinski definition) is 3. The molecule has 1 aromatic carbocycles. The van der Waals surface area contributed by atoms with Gasteiger partial charge in [-0.1, -0.05) is 29.8 Å². The SMILES string of the molecule is Cc1ccc(C(C)NC(=O)c2nc[nH]c2C(=O)O)cc1. The second-order valence-corrected chi connectivity index (χ2v) is 4.54. The molecular formula is C14H15N3O3. The molecule has 3 N–H and O–H groups in total. The van der Waals surface area contributed by atoms with Gasteiger partial charge in [-0.3, -0.25) is 4.79 Å². The van der Waals surface area contributed by atoms with Gasteiger partial charge < -0.3 is 15.4 Å². The van der Waals surface area contributed by atoms with Crippen LogP contribution in [-0.4, -0.2) is 27.0 Å². The lowest BCUT2D eigenvalue weighted by Crippen LogP contribution is -2.28. The lowest BCUT2D eigenvalue weighted by Gasteiger charge is -2.14. The van der Waals surface area contributed by atoms with Gasteiger partial charge in [-0.05, 0) is 19.4 Å². The Hall–Kier alpha value is -2.63. The van der Waals surface area contributed by atoms with E-state index in [2.05, 4.69) is 15.3 Å². The highest BCUT2D eigenvalue weighted by molar-refractivity contribution is 6.02. The molecule has 1 amide bonds. The lowest BCUT2D eigenvalue weighted by atomic mass is 10.1. The molecular weight excluding hydrogens is 258 g/mol. The molecule has 0 bridgehead atoms. The predicted molar refractivity (Wildman–Crippen MR) is 72.6 cm³/mol. The van der Waals surface area contributed by atoms with Gasteiger partial charge in [0.25, 0.3) is 5.91 Å². The van der Waals surface area contributed by atoms with Gasteiger partial charge >= 0.3 is 5.97 Å². The first-order valence-electron chi connectivity index (χ1n) is 6.13. The molecule has 1 atom stereocenters. The van der Waals surface area contributed by atoms with Crippen LogP contribution in [0.2, 0.25) is 0 Å². The first-order chi connectivity index (χ1) is 9.49. The number of aromatic nitrogens is 2. The third-order valence-corrected chi connectivity index (χ3v) is 2.99. The van der Waals surface area contributed by atoms with Crippen LogP contribution in [-0.2, 0) is 0 Å². The van der Waals surface area contributed by atoms with E-state index in [4.69, 9.17) is 5.11 Å². The second kappa shape index (κ2) is 5.56. The molecule has 0 saturated heterocycles. The van der Waals surface area contributed by atoms with Gasteiger partial charge in [0.1, 0.15) is 0 Å². The molecule has 0 aliphatic rings. The largest absolute Gasteiger partial charge is 0.477 e. The van der Waals surface area contributed by atoms with E-state index in [-0.39, 0.29) is 17.4 Å². The zero-order chi connectivity index (χ0) is 14.7. The van der Waals surface area contributed by atoms with E-state index in [1.54, 1.807) is 0 Å². The van der Waals surface area contributed by atoms with Gasteiger partial charge in [-0.2, -0.15) is 0 Å². The minimum Gasteiger partial charge on any atom is -0.477 e. The molecule has 6 nitrogen and oxygen atoms in total. The quantitative estimate of drug-likeness (QED) is 0.793. The Labute approximate surface area is 115 Å². The highest BCUT2D eigenvalue weighted by atomic mass is 16.4. The molecule has 0 aliphatic carbocycles. The summed E-state index contributed by atoms with van der Waals surface area (Å²) in [4.78, 5) is 29.1. The van der Waals surface area contributed by atoms with Crippen LogP contribution in [0.25, 0.3) is 0 Å². The predicted octanol–water partition coefficient (Wildman–Crippen LogP) is 1.91. The summed E-state index contributed by atoms with van der Waals surface area (Å²) >= 11 is 0. The summed E-state index contributed by atoms with van der Waals surface area (Å²) in [7, 11) is 0. The van der Waals surface area contributed by atoms with Gasteiger partial charge in [0.05, 0.1) is 12.4 Å². The van der Waals surface area contributed by atoms with E-state index in [9.17, 15) is 9.59 Å². The highest BCUT2D eigenvalue weighted by Gasteiger charge is 2.21. The number of amides is 1. The summed E-state index contributed by atoms with van der Waals surface area (Å²) in [6.45, 7) is 3.81. The average Bonchev–Trinajstić information content (AvgIpc) is 2.88. The number of imidazole rings is 1. The van der Waals surface area contributed by atoms with Crippen molar-refractivity contribution in [2.75, 3.05) is 0 Å². The number of carbonyl (C=O) groups excluding carboxylic acids is 1. The van der Waals surface area contributed by atoms with Crippen LogP contribution in [0.4, 0.5) is 0 Å². The summed E-state index contributed by atoms with van der Waals surface area (Å²) in [5, 5.41) is 11.7. The molecule has 0 fully saturated rings. The minimum atomic E-state index is -1.21. The van der Waals surface area contributed by atoms with Crippen molar-refractivity contribution in [3.05, 3.63) is 53.1 Å². The summed E-state index contributed by atoms with van der Waals surface area (Å²) in [6, 6.07) is 7.51. The van der Waals surface area contributed by atoms with Crippen molar-refractivity contribution < 1.29 is 14.7 Å². The smallest absolute Gasteiger partial charge is 0.354 e. The molecule has 2 rings (SSSR count). The van der Waals surface area contributed by atoms with Gasteiger partial charge in [-0.15, -0.1) is 0 Å². The summed E-state index contributed by atoms with van der Waals surface area (Å²) in [5.41, 5.74) is 1.75. The van der Waals surface area contributed by atoms with E-state index in [0.717, 1.165) is 11.1 Å².